The number of aromatic nitrogens is 3. The summed E-state index contributed by atoms with van der Waals surface area (Å²) in [6, 6.07) is -1.50. The van der Waals surface area contributed by atoms with E-state index in [0.29, 0.717) is 23.8 Å². The number of amides is 2. The Morgan fingerprint density at radius 2 is 2.07 bits per heavy atom. The molecule has 1 aromatic heterocycles. The molecule has 2 saturated heterocycles. The van der Waals surface area contributed by atoms with Gasteiger partial charge in [-0.3, -0.25) is 9.59 Å². The summed E-state index contributed by atoms with van der Waals surface area (Å²) in [5.41, 5.74) is 0.449. The van der Waals surface area contributed by atoms with Crippen LogP contribution in [-0.2, 0) is 20.8 Å². The zero-order valence-electron chi connectivity index (χ0n) is 17.8. The lowest BCUT2D eigenvalue weighted by Crippen LogP contribution is -2.52. The standard InChI is InChI=1S/C20H31N5O4S/c1-20(2,3)17(25-10-15(22-23-25)12-4-5-12)19(28)24-9-14(26)8-16(24)18(27)21-13-6-7-30(29)11-13/h10,12-14,16-17,26H,4-9,11H2,1-3H3,(H,21,27). The molecule has 1 aromatic rings. The molecule has 1 aliphatic carbocycles. The summed E-state index contributed by atoms with van der Waals surface area (Å²) in [5, 5.41) is 21.7. The number of carbonyl (C=O) groups is 2. The molecule has 3 fully saturated rings. The highest BCUT2D eigenvalue weighted by molar-refractivity contribution is 7.91. The SMILES string of the molecule is CC(C)(C)C(C(=O)N1CC(O)CC1C(=O)NC1CC[S+]([O-])C1)n1cc(C2CC2)nn1. The Kier molecular flexibility index (Phi) is 5.84. The summed E-state index contributed by atoms with van der Waals surface area (Å²) in [5.74, 6) is 0.944. The number of β-amino-alcohol motifs (C(OH)–C–C–N with tert-alkyl or cyclic N) is 1. The second kappa shape index (κ2) is 8.12. The lowest BCUT2D eigenvalue weighted by Gasteiger charge is -2.34. The molecule has 3 aliphatic rings. The van der Waals surface area contributed by atoms with E-state index in [9.17, 15) is 19.2 Å². The molecule has 2 aliphatic heterocycles. The topological polar surface area (TPSA) is 123 Å². The number of rotatable bonds is 5. The molecular formula is C20H31N5O4S. The highest BCUT2D eigenvalue weighted by Crippen LogP contribution is 2.40. The average molecular weight is 438 g/mol. The third-order valence-electron chi connectivity index (χ3n) is 6.13. The first-order valence-corrected chi connectivity index (χ1v) is 12.2. The predicted molar refractivity (Wildman–Crippen MR) is 111 cm³/mol. The minimum Gasteiger partial charge on any atom is -0.616 e. The number of hydrogen-bond acceptors (Lipinski definition) is 6. The predicted octanol–water partition coefficient (Wildman–Crippen LogP) is 0.342. The van der Waals surface area contributed by atoms with Crippen LogP contribution in [0.5, 0.6) is 0 Å². The molecule has 0 bridgehead atoms. The molecule has 5 unspecified atom stereocenters. The van der Waals surface area contributed by atoms with Crippen LogP contribution in [0.3, 0.4) is 0 Å². The Balaban J connectivity index is 1.53. The van der Waals surface area contributed by atoms with Crippen LogP contribution in [0, 0.1) is 5.41 Å². The van der Waals surface area contributed by atoms with Crippen LogP contribution in [0.4, 0.5) is 0 Å². The molecule has 10 heteroatoms. The van der Waals surface area contributed by atoms with E-state index in [-0.39, 0.29) is 30.8 Å². The number of nitrogens with one attached hydrogen (secondary N) is 1. The Bertz CT molecular complexity index is 805. The second-order valence-electron chi connectivity index (χ2n) is 9.87. The lowest BCUT2D eigenvalue weighted by atomic mass is 9.85. The van der Waals surface area contributed by atoms with E-state index >= 15 is 0 Å². The Morgan fingerprint density at radius 1 is 1.33 bits per heavy atom. The van der Waals surface area contributed by atoms with Crippen LogP contribution in [0.2, 0.25) is 0 Å². The van der Waals surface area contributed by atoms with E-state index < -0.39 is 34.8 Å². The quantitative estimate of drug-likeness (QED) is 0.641. The van der Waals surface area contributed by atoms with E-state index in [4.69, 9.17) is 0 Å². The minimum absolute atomic E-state index is 0.115. The monoisotopic (exact) mass is 437 g/mol. The lowest BCUT2D eigenvalue weighted by molar-refractivity contribution is -0.144. The van der Waals surface area contributed by atoms with Crippen LogP contribution in [0.1, 0.15) is 64.1 Å². The van der Waals surface area contributed by atoms with Gasteiger partial charge in [-0.1, -0.05) is 37.2 Å². The highest BCUT2D eigenvalue weighted by atomic mass is 32.2. The zero-order chi connectivity index (χ0) is 21.6. The van der Waals surface area contributed by atoms with E-state index in [2.05, 4.69) is 15.6 Å². The van der Waals surface area contributed by atoms with Gasteiger partial charge >= 0.3 is 0 Å². The van der Waals surface area contributed by atoms with Crippen molar-refractivity contribution in [1.82, 2.24) is 25.2 Å². The Morgan fingerprint density at radius 3 is 2.67 bits per heavy atom. The number of likely N-dealkylation sites (tertiary alicyclic amines) is 1. The van der Waals surface area contributed by atoms with Crippen LogP contribution in [0.15, 0.2) is 6.20 Å². The van der Waals surface area contributed by atoms with Crippen molar-refractivity contribution in [3.8, 4) is 0 Å². The molecule has 5 atom stereocenters. The third-order valence-corrected chi connectivity index (χ3v) is 7.60. The van der Waals surface area contributed by atoms with Crippen molar-refractivity contribution < 1.29 is 19.2 Å². The van der Waals surface area contributed by atoms with E-state index in [1.54, 1.807) is 4.68 Å². The van der Waals surface area contributed by atoms with Crippen LogP contribution >= 0.6 is 0 Å². The van der Waals surface area contributed by atoms with Gasteiger partial charge in [0.05, 0.1) is 17.8 Å². The van der Waals surface area contributed by atoms with Crippen LogP contribution in [-0.4, -0.2) is 77.6 Å². The Hall–Kier alpha value is -1.65. The summed E-state index contributed by atoms with van der Waals surface area (Å²) in [6.07, 6.45) is 4.17. The number of hydrogen-bond donors (Lipinski definition) is 2. The van der Waals surface area contributed by atoms with Gasteiger partial charge in [-0.15, -0.1) is 5.10 Å². The van der Waals surface area contributed by atoms with Gasteiger partial charge in [0.15, 0.2) is 0 Å². The summed E-state index contributed by atoms with van der Waals surface area (Å²) >= 11 is -0.899. The molecule has 0 aromatic carbocycles. The molecule has 3 heterocycles. The Labute approximate surface area is 179 Å². The first-order valence-electron chi connectivity index (χ1n) is 10.7. The third kappa shape index (κ3) is 4.50. The number of aliphatic hydroxyl groups excluding tert-OH is 1. The van der Waals surface area contributed by atoms with Crippen molar-refractivity contribution in [3.63, 3.8) is 0 Å². The van der Waals surface area contributed by atoms with Crippen molar-refractivity contribution in [2.45, 2.75) is 76.6 Å². The molecular weight excluding hydrogens is 406 g/mol. The fourth-order valence-electron chi connectivity index (χ4n) is 4.40. The van der Waals surface area contributed by atoms with Gasteiger partial charge in [-0.25, -0.2) is 4.68 Å². The zero-order valence-corrected chi connectivity index (χ0v) is 18.6. The number of carbonyl (C=O) groups excluding carboxylic acids is 2. The molecule has 2 amide bonds. The van der Waals surface area contributed by atoms with Gasteiger partial charge < -0.3 is 19.9 Å². The van der Waals surface area contributed by atoms with Gasteiger partial charge in [0, 0.05) is 31.5 Å². The van der Waals surface area contributed by atoms with Gasteiger partial charge in [-0.05, 0) is 18.3 Å². The van der Waals surface area contributed by atoms with Crippen molar-refractivity contribution in [1.29, 1.82) is 0 Å². The van der Waals surface area contributed by atoms with E-state index in [1.165, 1.54) is 4.90 Å². The van der Waals surface area contributed by atoms with Crippen molar-refractivity contribution in [2.24, 2.45) is 5.41 Å². The summed E-state index contributed by atoms with van der Waals surface area (Å²) in [7, 11) is 0. The van der Waals surface area contributed by atoms with E-state index in [0.717, 1.165) is 18.5 Å². The maximum absolute atomic E-state index is 13.6. The first kappa shape index (κ1) is 21.6. The number of aliphatic hydroxyl groups is 1. The maximum Gasteiger partial charge on any atom is 0.248 e. The van der Waals surface area contributed by atoms with Gasteiger partial charge in [0.2, 0.25) is 11.8 Å². The normalized spacial score (nSPS) is 30.5. The molecule has 0 radical (unpaired) electrons. The minimum atomic E-state index is -0.899. The maximum atomic E-state index is 13.6. The van der Waals surface area contributed by atoms with Crippen molar-refractivity contribution in [3.05, 3.63) is 11.9 Å². The molecule has 166 valence electrons. The van der Waals surface area contributed by atoms with E-state index in [1.807, 2.05) is 27.0 Å². The second-order valence-corrected chi connectivity index (χ2v) is 11.5. The summed E-state index contributed by atoms with van der Waals surface area (Å²) < 4.78 is 13.3. The molecule has 4 rings (SSSR count). The first-order chi connectivity index (χ1) is 14.1. The van der Waals surface area contributed by atoms with Crippen LogP contribution < -0.4 is 5.32 Å². The van der Waals surface area contributed by atoms with Gasteiger partial charge in [0.1, 0.15) is 23.6 Å². The smallest absolute Gasteiger partial charge is 0.248 e. The van der Waals surface area contributed by atoms with Gasteiger partial charge in [-0.2, -0.15) is 0 Å². The molecule has 2 N–H and O–H groups in total. The summed E-state index contributed by atoms with van der Waals surface area (Å²) in [6.45, 7) is 6.00. The highest BCUT2D eigenvalue weighted by Gasteiger charge is 2.46. The molecule has 9 nitrogen and oxygen atoms in total. The number of nitrogens with zero attached hydrogens (tertiary/aromatic N) is 4. The molecule has 1 saturated carbocycles. The molecule has 30 heavy (non-hydrogen) atoms. The fraction of sp³-hybridized carbons (Fsp3) is 0.800. The fourth-order valence-corrected chi connectivity index (χ4v) is 5.81. The summed E-state index contributed by atoms with van der Waals surface area (Å²) in [4.78, 5) is 28.1. The van der Waals surface area contributed by atoms with Crippen LogP contribution in [0.25, 0.3) is 0 Å². The van der Waals surface area contributed by atoms with Crippen molar-refractivity contribution >= 4 is 23.0 Å². The largest absolute Gasteiger partial charge is 0.616 e. The van der Waals surface area contributed by atoms with Gasteiger partial charge in [0.25, 0.3) is 0 Å². The molecule has 0 spiro atoms. The van der Waals surface area contributed by atoms with Crippen molar-refractivity contribution in [2.75, 3.05) is 18.1 Å². The average Bonchev–Trinajstić information content (AvgIpc) is 3.05.